The van der Waals surface area contributed by atoms with Gasteiger partial charge in [0.05, 0.1) is 11.9 Å². The van der Waals surface area contributed by atoms with Gasteiger partial charge in [-0.05, 0) is 18.8 Å². The maximum atomic E-state index is 12.1. The number of fused-ring (bicyclic) bond motifs is 1. The minimum absolute atomic E-state index is 0.144. The maximum absolute atomic E-state index is 12.1. The molecule has 0 aromatic carbocycles. The van der Waals surface area contributed by atoms with E-state index in [1.165, 1.54) is 0 Å². The predicted octanol–water partition coefficient (Wildman–Crippen LogP) is 1.75. The van der Waals surface area contributed by atoms with Crippen LogP contribution in [-0.2, 0) is 4.79 Å². The normalized spacial score (nSPS) is 32.9. The van der Waals surface area contributed by atoms with Gasteiger partial charge in [0, 0.05) is 23.8 Å². The first kappa shape index (κ1) is 13.2. The molecule has 2 rings (SSSR count). The van der Waals surface area contributed by atoms with Crippen LogP contribution in [0, 0.1) is 11.8 Å². The first-order valence-corrected chi connectivity index (χ1v) is 7.45. The van der Waals surface area contributed by atoms with Crippen molar-refractivity contribution in [1.82, 2.24) is 4.90 Å². The number of aliphatic hydroxyl groups is 1. The van der Waals surface area contributed by atoms with Gasteiger partial charge in [0.15, 0.2) is 0 Å². The highest BCUT2D eigenvalue weighted by molar-refractivity contribution is 8.01. The van der Waals surface area contributed by atoms with Crippen LogP contribution in [0.3, 0.4) is 0 Å². The Hall–Kier alpha value is -0.220. The summed E-state index contributed by atoms with van der Waals surface area (Å²) in [6.07, 6.45) is 1.84. The Morgan fingerprint density at radius 1 is 1.35 bits per heavy atom. The van der Waals surface area contributed by atoms with Gasteiger partial charge in [0.1, 0.15) is 0 Å². The number of likely N-dealkylation sites (tertiary alicyclic amines) is 1. The molecule has 98 valence electrons. The summed E-state index contributed by atoms with van der Waals surface area (Å²) in [5.74, 6) is 1.71. The molecule has 3 atom stereocenters. The van der Waals surface area contributed by atoms with Crippen LogP contribution < -0.4 is 0 Å². The van der Waals surface area contributed by atoms with Crippen LogP contribution in [0.5, 0.6) is 0 Å². The Bertz CT molecular complexity index is 300. The molecule has 1 amide bonds. The van der Waals surface area contributed by atoms with Crippen LogP contribution in [-0.4, -0.2) is 45.6 Å². The van der Waals surface area contributed by atoms with Crippen LogP contribution in [0.2, 0.25) is 0 Å². The van der Waals surface area contributed by atoms with Crippen LogP contribution >= 0.6 is 11.8 Å². The molecule has 1 N–H and O–H groups in total. The van der Waals surface area contributed by atoms with Gasteiger partial charge in [-0.25, -0.2) is 0 Å². The van der Waals surface area contributed by atoms with Gasteiger partial charge in [-0.2, -0.15) is 0 Å². The molecule has 0 radical (unpaired) electrons. The Balaban J connectivity index is 1.83. The molecule has 0 spiro atoms. The third-order valence-electron chi connectivity index (χ3n) is 3.80. The van der Waals surface area contributed by atoms with E-state index in [1.54, 1.807) is 11.8 Å². The zero-order chi connectivity index (χ0) is 12.6. The lowest BCUT2D eigenvalue weighted by Crippen LogP contribution is -2.33. The molecule has 2 fully saturated rings. The van der Waals surface area contributed by atoms with Crippen molar-refractivity contribution in [3.05, 3.63) is 0 Å². The van der Waals surface area contributed by atoms with Crippen LogP contribution in [0.25, 0.3) is 0 Å². The van der Waals surface area contributed by atoms with Crippen molar-refractivity contribution < 1.29 is 9.90 Å². The van der Waals surface area contributed by atoms with Gasteiger partial charge in [0.25, 0.3) is 0 Å². The minimum atomic E-state index is -0.173. The summed E-state index contributed by atoms with van der Waals surface area (Å²) in [4.78, 5) is 14.0. The molecule has 1 heterocycles. The van der Waals surface area contributed by atoms with E-state index in [1.807, 2.05) is 4.90 Å². The number of carbonyl (C=O) groups excluding carboxylic acids is 1. The maximum Gasteiger partial charge on any atom is 0.232 e. The molecule has 3 nitrogen and oxygen atoms in total. The summed E-state index contributed by atoms with van der Waals surface area (Å²) in [7, 11) is 0. The molecule has 2 aliphatic rings. The summed E-state index contributed by atoms with van der Waals surface area (Å²) >= 11 is 1.70. The average Bonchev–Trinajstić information content (AvgIpc) is 2.77. The zero-order valence-corrected chi connectivity index (χ0v) is 11.8. The first-order valence-electron chi connectivity index (χ1n) is 6.46. The summed E-state index contributed by atoms with van der Waals surface area (Å²) in [6, 6.07) is 0. The summed E-state index contributed by atoms with van der Waals surface area (Å²) in [6.45, 7) is 8.04. The molecule has 0 bridgehead atoms. The first-order chi connectivity index (χ1) is 7.87. The SMILES string of the molecule is CC(C)(C)SCC(=O)N1CC2CCC(O)C2C1. The number of rotatable bonds is 2. The zero-order valence-electron chi connectivity index (χ0n) is 11.0. The van der Waals surface area contributed by atoms with E-state index in [9.17, 15) is 9.90 Å². The molecule has 3 unspecified atom stereocenters. The van der Waals surface area contributed by atoms with Gasteiger partial charge in [-0.15, -0.1) is 11.8 Å². The second-order valence-electron chi connectivity index (χ2n) is 6.27. The van der Waals surface area contributed by atoms with Crippen molar-refractivity contribution in [3.8, 4) is 0 Å². The molecular formula is C13H23NO2S. The fraction of sp³-hybridized carbons (Fsp3) is 0.923. The number of thioether (sulfide) groups is 1. The molecule has 0 aromatic heterocycles. The van der Waals surface area contributed by atoms with Crippen molar-refractivity contribution in [1.29, 1.82) is 0 Å². The highest BCUT2D eigenvalue weighted by Gasteiger charge is 2.43. The lowest BCUT2D eigenvalue weighted by Gasteiger charge is -2.22. The second-order valence-corrected chi connectivity index (χ2v) is 8.07. The van der Waals surface area contributed by atoms with E-state index < -0.39 is 0 Å². The summed E-state index contributed by atoms with van der Waals surface area (Å²) < 4.78 is 0.144. The fourth-order valence-corrected chi connectivity index (χ4v) is 3.55. The van der Waals surface area contributed by atoms with Crippen molar-refractivity contribution in [3.63, 3.8) is 0 Å². The molecule has 1 aliphatic carbocycles. The lowest BCUT2D eigenvalue weighted by molar-refractivity contribution is -0.127. The Labute approximate surface area is 108 Å². The molecule has 17 heavy (non-hydrogen) atoms. The third kappa shape index (κ3) is 3.16. The van der Waals surface area contributed by atoms with Gasteiger partial charge in [-0.1, -0.05) is 20.8 Å². The standard InChI is InChI=1S/C13H23NO2S/c1-13(2,3)17-8-12(16)14-6-9-4-5-11(15)10(9)7-14/h9-11,15H,4-8H2,1-3H3. The predicted molar refractivity (Wildman–Crippen MR) is 71.0 cm³/mol. The van der Waals surface area contributed by atoms with E-state index in [0.717, 1.165) is 25.9 Å². The Kier molecular flexibility index (Phi) is 3.74. The van der Waals surface area contributed by atoms with Gasteiger partial charge >= 0.3 is 0 Å². The van der Waals surface area contributed by atoms with Crippen molar-refractivity contribution in [2.45, 2.75) is 44.5 Å². The number of amides is 1. The van der Waals surface area contributed by atoms with Gasteiger partial charge in [0.2, 0.25) is 5.91 Å². The molecule has 1 saturated carbocycles. The van der Waals surface area contributed by atoms with E-state index in [4.69, 9.17) is 0 Å². The molecule has 1 saturated heterocycles. The highest BCUT2D eigenvalue weighted by Crippen LogP contribution is 2.38. The number of aliphatic hydroxyl groups excluding tert-OH is 1. The minimum Gasteiger partial charge on any atom is -0.393 e. The van der Waals surface area contributed by atoms with Crippen LogP contribution in [0.1, 0.15) is 33.6 Å². The average molecular weight is 257 g/mol. The van der Waals surface area contributed by atoms with E-state index in [-0.39, 0.29) is 16.8 Å². The van der Waals surface area contributed by atoms with Crippen molar-refractivity contribution >= 4 is 17.7 Å². The topological polar surface area (TPSA) is 40.5 Å². The largest absolute Gasteiger partial charge is 0.393 e. The van der Waals surface area contributed by atoms with Crippen LogP contribution in [0.4, 0.5) is 0 Å². The van der Waals surface area contributed by atoms with E-state index in [2.05, 4.69) is 20.8 Å². The Morgan fingerprint density at radius 3 is 2.65 bits per heavy atom. The van der Waals surface area contributed by atoms with Gasteiger partial charge in [-0.3, -0.25) is 4.79 Å². The van der Waals surface area contributed by atoms with Gasteiger partial charge < -0.3 is 10.0 Å². The second kappa shape index (κ2) is 4.81. The van der Waals surface area contributed by atoms with Crippen molar-refractivity contribution in [2.24, 2.45) is 11.8 Å². The quantitative estimate of drug-likeness (QED) is 0.819. The lowest BCUT2D eigenvalue weighted by atomic mass is 10.00. The van der Waals surface area contributed by atoms with Crippen molar-refractivity contribution in [2.75, 3.05) is 18.8 Å². The van der Waals surface area contributed by atoms with E-state index >= 15 is 0 Å². The summed E-state index contributed by atoms with van der Waals surface area (Å²) in [5.41, 5.74) is 0. The van der Waals surface area contributed by atoms with E-state index in [0.29, 0.717) is 17.6 Å². The number of carbonyl (C=O) groups is 1. The molecule has 1 aliphatic heterocycles. The summed E-state index contributed by atoms with van der Waals surface area (Å²) in [5, 5.41) is 9.81. The Morgan fingerprint density at radius 2 is 2.06 bits per heavy atom. The number of hydrogen-bond donors (Lipinski definition) is 1. The smallest absolute Gasteiger partial charge is 0.232 e. The highest BCUT2D eigenvalue weighted by atomic mass is 32.2. The molecule has 4 heteroatoms. The fourth-order valence-electron chi connectivity index (χ4n) is 2.81. The van der Waals surface area contributed by atoms with Crippen LogP contribution in [0.15, 0.2) is 0 Å². The molecular weight excluding hydrogens is 234 g/mol. The number of hydrogen-bond acceptors (Lipinski definition) is 3. The number of nitrogens with zero attached hydrogens (tertiary/aromatic N) is 1. The monoisotopic (exact) mass is 257 g/mol. The molecule has 0 aromatic rings. The third-order valence-corrected chi connectivity index (χ3v) is 5.06.